The summed E-state index contributed by atoms with van der Waals surface area (Å²) in [6, 6.07) is 14.1. The summed E-state index contributed by atoms with van der Waals surface area (Å²) in [5, 5.41) is 2.72. The minimum Gasteiger partial charge on any atom is -0.0722 e. The highest BCUT2D eigenvalue weighted by Crippen LogP contribution is 2.47. The van der Waals surface area contributed by atoms with Crippen molar-refractivity contribution in [1.29, 1.82) is 0 Å². The van der Waals surface area contributed by atoms with Crippen LogP contribution in [0.25, 0.3) is 21.9 Å². The summed E-state index contributed by atoms with van der Waals surface area (Å²) in [7, 11) is 0. The fourth-order valence-electron chi connectivity index (χ4n) is 2.72. The summed E-state index contributed by atoms with van der Waals surface area (Å²) in [5.74, 6) is 0. The molecule has 0 spiro atoms. The fraction of sp³-hybridized carbons (Fsp3) is 0.0667. The van der Waals surface area contributed by atoms with Crippen molar-refractivity contribution in [2.24, 2.45) is 0 Å². The predicted octanol–water partition coefficient (Wildman–Crippen LogP) is 3.82. The lowest BCUT2D eigenvalue weighted by Crippen LogP contribution is -1.77. The quantitative estimate of drug-likeness (QED) is 0.591. The average molecular weight is 189 g/mol. The molecule has 0 heterocycles. The number of benzene rings is 2. The molecule has 0 saturated heterocycles. The number of hydrogen-bond acceptors (Lipinski definition) is 0. The maximum absolute atomic E-state index is 3.38. The molecule has 0 aromatic heterocycles. The smallest absolute Gasteiger partial charge is 0.00173 e. The molecule has 0 N–H and O–H groups in total. The Bertz CT molecular complexity index is 589. The summed E-state index contributed by atoms with van der Waals surface area (Å²) < 4.78 is 0. The van der Waals surface area contributed by atoms with E-state index in [-0.39, 0.29) is 0 Å². The normalized spacial score (nSPS) is 16.5. The summed E-state index contributed by atoms with van der Waals surface area (Å²) in [5.41, 5.74) is 5.50. The summed E-state index contributed by atoms with van der Waals surface area (Å²) >= 11 is 0. The number of hydrogen-bond donors (Lipinski definition) is 0. The average Bonchev–Trinajstić information content (AvgIpc) is 2.84. The van der Waals surface area contributed by atoms with Crippen LogP contribution in [0.2, 0.25) is 0 Å². The van der Waals surface area contributed by atoms with E-state index in [0.29, 0.717) is 0 Å². The third-order valence-corrected chi connectivity index (χ3v) is 3.33. The topological polar surface area (TPSA) is 0 Å². The van der Waals surface area contributed by atoms with Crippen molar-refractivity contribution in [3.8, 4) is 0 Å². The van der Waals surface area contributed by atoms with Crippen molar-refractivity contribution in [1.82, 2.24) is 0 Å². The van der Waals surface area contributed by atoms with Gasteiger partial charge in [0.25, 0.3) is 0 Å². The summed E-state index contributed by atoms with van der Waals surface area (Å²) in [4.78, 5) is 0. The third-order valence-electron chi connectivity index (χ3n) is 3.33. The second-order valence-electron chi connectivity index (χ2n) is 4.09. The van der Waals surface area contributed by atoms with Crippen molar-refractivity contribution in [2.75, 3.05) is 0 Å². The van der Waals surface area contributed by atoms with Gasteiger partial charge in [0.2, 0.25) is 0 Å². The Labute approximate surface area is 88.5 Å². The molecule has 2 aromatic rings. The van der Waals surface area contributed by atoms with Crippen LogP contribution in [0.4, 0.5) is 0 Å². The monoisotopic (exact) mass is 189 g/mol. The zero-order valence-corrected chi connectivity index (χ0v) is 8.25. The Morgan fingerprint density at radius 1 is 1.00 bits per heavy atom. The molecular formula is C15H9. The first-order chi connectivity index (χ1) is 7.45. The Kier molecular flexibility index (Phi) is 1.20. The molecule has 0 fully saturated rings. The van der Waals surface area contributed by atoms with E-state index in [1.807, 2.05) is 6.07 Å². The minimum atomic E-state index is 1.07. The highest BCUT2D eigenvalue weighted by molar-refractivity contribution is 6.23. The van der Waals surface area contributed by atoms with Crippen LogP contribution >= 0.6 is 0 Å². The molecule has 2 aliphatic rings. The van der Waals surface area contributed by atoms with Crippen LogP contribution < -0.4 is 0 Å². The molecule has 1 radical (unpaired) electrons. The zero-order valence-electron chi connectivity index (χ0n) is 8.25. The van der Waals surface area contributed by atoms with Gasteiger partial charge in [-0.3, -0.25) is 0 Å². The van der Waals surface area contributed by atoms with Crippen molar-refractivity contribution >= 4 is 21.9 Å². The minimum absolute atomic E-state index is 1.07. The highest BCUT2D eigenvalue weighted by atomic mass is 14.3. The fourth-order valence-corrected chi connectivity index (χ4v) is 2.72. The van der Waals surface area contributed by atoms with E-state index in [0.717, 1.165) is 6.42 Å². The van der Waals surface area contributed by atoms with Gasteiger partial charge in [-0.15, -0.1) is 0 Å². The van der Waals surface area contributed by atoms with Gasteiger partial charge < -0.3 is 0 Å². The first-order valence-corrected chi connectivity index (χ1v) is 5.30. The first kappa shape index (κ1) is 7.47. The molecule has 0 bridgehead atoms. The lowest BCUT2D eigenvalue weighted by Gasteiger charge is -1.99. The van der Waals surface area contributed by atoms with Gasteiger partial charge in [0, 0.05) is 0 Å². The highest BCUT2D eigenvalue weighted by Gasteiger charge is 2.25. The van der Waals surface area contributed by atoms with Gasteiger partial charge >= 0.3 is 0 Å². The first-order valence-electron chi connectivity index (χ1n) is 5.30. The molecule has 4 rings (SSSR count). The van der Waals surface area contributed by atoms with E-state index in [1.165, 1.54) is 33.0 Å². The van der Waals surface area contributed by atoms with Crippen LogP contribution in [0, 0.1) is 6.07 Å². The van der Waals surface area contributed by atoms with Gasteiger partial charge in [0.1, 0.15) is 0 Å². The SMILES string of the molecule is [c]1ccc2cccc3c2c1C1=CCC=C13. The largest absolute Gasteiger partial charge is 0.0722 e. The molecule has 2 aromatic carbocycles. The molecule has 0 atom stereocenters. The second kappa shape index (κ2) is 2.40. The van der Waals surface area contributed by atoms with E-state index < -0.39 is 0 Å². The molecule has 0 heteroatoms. The van der Waals surface area contributed by atoms with Crippen LogP contribution in [0.5, 0.6) is 0 Å². The van der Waals surface area contributed by atoms with Gasteiger partial charge in [-0.05, 0) is 45.5 Å². The molecule has 0 nitrogen and oxygen atoms in total. The Balaban J connectivity index is 2.30. The van der Waals surface area contributed by atoms with Crippen LogP contribution in [0.1, 0.15) is 17.5 Å². The Morgan fingerprint density at radius 3 is 2.93 bits per heavy atom. The van der Waals surface area contributed by atoms with Gasteiger partial charge in [-0.2, -0.15) is 0 Å². The van der Waals surface area contributed by atoms with Gasteiger partial charge in [0.05, 0.1) is 0 Å². The second-order valence-corrected chi connectivity index (χ2v) is 4.09. The zero-order chi connectivity index (χ0) is 9.83. The van der Waals surface area contributed by atoms with Gasteiger partial charge in [0.15, 0.2) is 0 Å². The number of rotatable bonds is 0. The number of allylic oxidation sites excluding steroid dienone is 4. The Hall–Kier alpha value is -1.82. The van der Waals surface area contributed by atoms with E-state index in [1.54, 1.807) is 0 Å². The lowest BCUT2D eigenvalue weighted by atomic mass is 10.0. The molecule has 0 amide bonds. The Morgan fingerprint density at radius 2 is 1.93 bits per heavy atom. The van der Waals surface area contributed by atoms with Gasteiger partial charge in [-0.1, -0.05) is 42.5 Å². The predicted molar refractivity (Wildman–Crippen MR) is 63.4 cm³/mol. The molecule has 0 unspecified atom stereocenters. The standard InChI is InChI=1S/C15H9/c1-4-10-5-2-9-14-12-7-3-6-11(12)13(8-1)15(10)14/h1-2,4-8H,3H2. The van der Waals surface area contributed by atoms with Crippen molar-refractivity contribution < 1.29 is 0 Å². The van der Waals surface area contributed by atoms with Crippen LogP contribution in [0.3, 0.4) is 0 Å². The maximum Gasteiger partial charge on any atom is -0.00173 e. The van der Waals surface area contributed by atoms with E-state index >= 15 is 0 Å². The third kappa shape index (κ3) is 0.782. The van der Waals surface area contributed by atoms with Crippen molar-refractivity contribution in [3.63, 3.8) is 0 Å². The summed E-state index contributed by atoms with van der Waals surface area (Å²) in [6.07, 6.45) is 5.70. The molecule has 0 saturated carbocycles. The van der Waals surface area contributed by atoms with Crippen LogP contribution in [-0.4, -0.2) is 0 Å². The molecular weight excluding hydrogens is 180 g/mol. The number of fused-ring (bicyclic) bond motifs is 3. The molecule has 69 valence electrons. The van der Waals surface area contributed by atoms with E-state index in [9.17, 15) is 0 Å². The van der Waals surface area contributed by atoms with E-state index in [4.69, 9.17) is 0 Å². The van der Waals surface area contributed by atoms with Gasteiger partial charge in [-0.25, -0.2) is 0 Å². The summed E-state index contributed by atoms with van der Waals surface area (Å²) in [6.45, 7) is 0. The van der Waals surface area contributed by atoms with Crippen LogP contribution in [0.15, 0.2) is 42.5 Å². The molecule has 15 heavy (non-hydrogen) atoms. The van der Waals surface area contributed by atoms with E-state index in [2.05, 4.69) is 42.5 Å². The van der Waals surface area contributed by atoms with Crippen molar-refractivity contribution in [3.05, 3.63) is 59.7 Å². The molecule has 0 aliphatic heterocycles. The lowest BCUT2D eigenvalue weighted by molar-refractivity contribution is 1.45. The van der Waals surface area contributed by atoms with Crippen molar-refractivity contribution in [2.45, 2.75) is 6.42 Å². The maximum atomic E-state index is 3.38. The molecule has 2 aliphatic carbocycles. The van der Waals surface area contributed by atoms with Crippen LogP contribution in [-0.2, 0) is 0 Å².